The summed E-state index contributed by atoms with van der Waals surface area (Å²) in [5.41, 5.74) is 0.756. The Labute approximate surface area is 121 Å². The van der Waals surface area contributed by atoms with Crippen LogP contribution in [-0.4, -0.2) is 28.8 Å². The molecule has 1 heterocycles. The van der Waals surface area contributed by atoms with E-state index in [0.717, 1.165) is 6.42 Å². The Kier molecular flexibility index (Phi) is 5.05. The molecule has 0 saturated heterocycles. The fraction of sp³-hybridized carbons (Fsp3) is 0.333. The van der Waals surface area contributed by atoms with Gasteiger partial charge in [-0.1, -0.05) is 18.5 Å². The van der Waals surface area contributed by atoms with Crippen molar-refractivity contribution >= 4 is 5.91 Å². The molecule has 1 unspecified atom stereocenters. The predicted octanol–water partition coefficient (Wildman–Crippen LogP) is 2.37. The van der Waals surface area contributed by atoms with Gasteiger partial charge in [-0.3, -0.25) is 4.79 Å². The molecule has 0 saturated carbocycles. The monoisotopic (exact) mass is 292 g/mol. The first-order chi connectivity index (χ1) is 10.1. The third kappa shape index (κ3) is 4.13. The molecule has 0 aliphatic heterocycles. The molecule has 0 radical (unpaired) electrons. The van der Waals surface area contributed by atoms with E-state index < -0.39 is 12.0 Å². The van der Waals surface area contributed by atoms with Crippen molar-refractivity contribution < 1.29 is 18.8 Å². The van der Waals surface area contributed by atoms with Gasteiger partial charge in [0.25, 0.3) is 5.91 Å². The summed E-state index contributed by atoms with van der Waals surface area (Å²) in [5.74, 6) is -0.377. The highest BCUT2D eigenvalue weighted by Gasteiger charge is 2.14. The average Bonchev–Trinajstić information content (AvgIpc) is 2.96. The summed E-state index contributed by atoms with van der Waals surface area (Å²) in [4.78, 5) is 11.8. The van der Waals surface area contributed by atoms with Gasteiger partial charge in [0.2, 0.25) is 0 Å². The lowest BCUT2D eigenvalue weighted by Crippen LogP contribution is -2.32. The number of carbonyl (C=O) groups excluding carboxylic acids is 1. The van der Waals surface area contributed by atoms with Gasteiger partial charge in [-0.25, -0.2) is 4.39 Å². The average molecular weight is 292 g/mol. The number of nitrogens with zero attached hydrogens (tertiary/aromatic N) is 1. The summed E-state index contributed by atoms with van der Waals surface area (Å²) >= 11 is 0. The highest BCUT2D eigenvalue weighted by molar-refractivity contribution is 5.93. The lowest BCUT2D eigenvalue weighted by molar-refractivity contribution is 0.0901. The van der Waals surface area contributed by atoms with Gasteiger partial charge in [0.05, 0.1) is 6.10 Å². The van der Waals surface area contributed by atoms with Crippen LogP contribution in [0, 0.1) is 5.82 Å². The maximum absolute atomic E-state index is 12.8. The number of aliphatic hydroxyl groups excluding tert-OH is 1. The molecule has 112 valence electrons. The molecule has 0 bridgehead atoms. The van der Waals surface area contributed by atoms with Crippen molar-refractivity contribution in [3.8, 4) is 11.3 Å². The van der Waals surface area contributed by atoms with Crippen LogP contribution in [0.5, 0.6) is 0 Å². The van der Waals surface area contributed by atoms with Crippen molar-refractivity contribution in [1.29, 1.82) is 0 Å². The van der Waals surface area contributed by atoms with Gasteiger partial charge in [-0.15, -0.1) is 0 Å². The molecule has 1 aromatic carbocycles. The number of nitrogens with one attached hydrogen (secondary N) is 1. The number of hydrogen-bond donors (Lipinski definition) is 2. The van der Waals surface area contributed by atoms with Crippen LogP contribution < -0.4 is 5.32 Å². The van der Waals surface area contributed by atoms with E-state index in [1.54, 1.807) is 12.1 Å². The molecular formula is C15H17FN2O3. The Morgan fingerprint density at radius 1 is 1.43 bits per heavy atom. The Bertz CT molecular complexity index is 595. The van der Waals surface area contributed by atoms with Crippen LogP contribution in [0.2, 0.25) is 0 Å². The molecule has 2 aromatic rings. The lowest BCUT2D eigenvalue weighted by Gasteiger charge is -2.09. The Morgan fingerprint density at radius 2 is 2.14 bits per heavy atom. The van der Waals surface area contributed by atoms with Crippen LogP contribution >= 0.6 is 0 Å². The fourth-order valence-electron chi connectivity index (χ4n) is 1.87. The van der Waals surface area contributed by atoms with Crippen molar-refractivity contribution in [1.82, 2.24) is 10.5 Å². The van der Waals surface area contributed by atoms with E-state index in [1.807, 2.05) is 6.92 Å². The van der Waals surface area contributed by atoms with Gasteiger partial charge < -0.3 is 14.9 Å². The summed E-state index contributed by atoms with van der Waals surface area (Å²) in [7, 11) is 0. The maximum Gasteiger partial charge on any atom is 0.273 e. The maximum atomic E-state index is 12.8. The Balaban J connectivity index is 1.99. The number of hydrogen-bond acceptors (Lipinski definition) is 4. The minimum atomic E-state index is -0.567. The van der Waals surface area contributed by atoms with E-state index in [1.165, 1.54) is 18.2 Å². The van der Waals surface area contributed by atoms with Crippen molar-refractivity contribution in [2.45, 2.75) is 25.9 Å². The van der Waals surface area contributed by atoms with Crippen LogP contribution in [0.1, 0.15) is 30.3 Å². The van der Waals surface area contributed by atoms with E-state index in [0.29, 0.717) is 17.7 Å². The highest BCUT2D eigenvalue weighted by atomic mass is 19.1. The van der Waals surface area contributed by atoms with Crippen LogP contribution in [-0.2, 0) is 0 Å². The standard InChI is InChI=1S/C15H17FN2O3/c1-2-3-12(19)9-17-15(20)13-8-14(21-18-13)10-4-6-11(16)7-5-10/h4-8,12,19H,2-3,9H2,1H3,(H,17,20). The number of aliphatic hydroxyl groups is 1. The van der Waals surface area contributed by atoms with Crippen molar-refractivity contribution in [2.24, 2.45) is 0 Å². The molecule has 21 heavy (non-hydrogen) atoms. The first-order valence-corrected chi connectivity index (χ1v) is 6.79. The lowest BCUT2D eigenvalue weighted by atomic mass is 10.1. The minimum Gasteiger partial charge on any atom is -0.391 e. The van der Waals surface area contributed by atoms with Crippen LogP contribution in [0.15, 0.2) is 34.9 Å². The summed E-state index contributed by atoms with van der Waals surface area (Å²) in [6.45, 7) is 2.13. The van der Waals surface area contributed by atoms with E-state index in [4.69, 9.17) is 4.52 Å². The van der Waals surface area contributed by atoms with Crippen LogP contribution in [0.25, 0.3) is 11.3 Å². The van der Waals surface area contributed by atoms with Crippen molar-refractivity contribution in [3.05, 3.63) is 41.8 Å². The van der Waals surface area contributed by atoms with Crippen molar-refractivity contribution in [3.63, 3.8) is 0 Å². The molecule has 5 nitrogen and oxygen atoms in total. The van der Waals surface area contributed by atoms with Gasteiger partial charge in [0.1, 0.15) is 5.82 Å². The summed E-state index contributed by atoms with van der Waals surface area (Å²) in [6.07, 6.45) is 0.901. The number of benzene rings is 1. The second-order valence-electron chi connectivity index (χ2n) is 4.74. The van der Waals surface area contributed by atoms with Gasteiger partial charge >= 0.3 is 0 Å². The molecule has 2 rings (SSSR count). The summed E-state index contributed by atoms with van der Waals surface area (Å²) in [5, 5.41) is 15.8. The molecule has 1 amide bonds. The normalized spacial score (nSPS) is 12.1. The van der Waals surface area contributed by atoms with E-state index in [2.05, 4.69) is 10.5 Å². The van der Waals surface area contributed by atoms with Gasteiger partial charge in [0, 0.05) is 18.2 Å². The van der Waals surface area contributed by atoms with Crippen molar-refractivity contribution in [2.75, 3.05) is 6.54 Å². The first-order valence-electron chi connectivity index (χ1n) is 6.79. The Hall–Kier alpha value is -2.21. The van der Waals surface area contributed by atoms with E-state index >= 15 is 0 Å². The molecule has 1 atom stereocenters. The zero-order valence-corrected chi connectivity index (χ0v) is 11.7. The first kappa shape index (κ1) is 15.2. The number of carbonyl (C=O) groups is 1. The summed E-state index contributed by atoms with van der Waals surface area (Å²) in [6, 6.07) is 7.18. The molecule has 1 aromatic heterocycles. The molecule has 0 spiro atoms. The third-order valence-electron chi connectivity index (χ3n) is 2.99. The topological polar surface area (TPSA) is 75.4 Å². The number of amides is 1. The molecule has 2 N–H and O–H groups in total. The molecular weight excluding hydrogens is 275 g/mol. The zero-order chi connectivity index (χ0) is 15.2. The van der Waals surface area contributed by atoms with Crippen LogP contribution in [0.4, 0.5) is 4.39 Å². The number of halogens is 1. The number of aromatic nitrogens is 1. The molecule has 6 heteroatoms. The quantitative estimate of drug-likeness (QED) is 0.857. The van der Waals surface area contributed by atoms with E-state index in [9.17, 15) is 14.3 Å². The SMILES string of the molecule is CCCC(O)CNC(=O)c1cc(-c2ccc(F)cc2)on1. The second-order valence-corrected chi connectivity index (χ2v) is 4.74. The molecule has 0 aliphatic rings. The van der Waals surface area contributed by atoms with E-state index in [-0.39, 0.29) is 18.1 Å². The van der Waals surface area contributed by atoms with Gasteiger partial charge in [-0.05, 0) is 30.7 Å². The highest BCUT2D eigenvalue weighted by Crippen LogP contribution is 2.20. The number of rotatable bonds is 6. The fourth-order valence-corrected chi connectivity index (χ4v) is 1.87. The molecule has 0 aliphatic carbocycles. The smallest absolute Gasteiger partial charge is 0.273 e. The van der Waals surface area contributed by atoms with Gasteiger partial charge in [-0.2, -0.15) is 0 Å². The summed E-state index contributed by atoms with van der Waals surface area (Å²) < 4.78 is 17.9. The largest absolute Gasteiger partial charge is 0.391 e. The molecule has 0 fully saturated rings. The predicted molar refractivity (Wildman–Crippen MR) is 75.1 cm³/mol. The van der Waals surface area contributed by atoms with Gasteiger partial charge in [0.15, 0.2) is 11.5 Å². The zero-order valence-electron chi connectivity index (χ0n) is 11.7. The second kappa shape index (κ2) is 6.99. The minimum absolute atomic E-state index is 0.123. The van der Waals surface area contributed by atoms with Crippen LogP contribution in [0.3, 0.4) is 0 Å². The third-order valence-corrected chi connectivity index (χ3v) is 2.99. The Morgan fingerprint density at radius 3 is 2.81 bits per heavy atom.